The van der Waals surface area contributed by atoms with Crippen molar-refractivity contribution in [3.63, 3.8) is 0 Å². The summed E-state index contributed by atoms with van der Waals surface area (Å²) in [5.74, 6) is 0. The number of benzene rings is 1. The number of rotatable bonds is 0. The number of fused-ring (bicyclic) bond motifs is 3. The smallest absolute Gasteiger partial charge is 0.417 e. The molecular weight excluding hydrogens is 259 g/mol. The molecule has 1 N–H and O–H groups in total. The lowest BCUT2D eigenvalue weighted by Crippen LogP contribution is -2.15. The summed E-state index contributed by atoms with van der Waals surface area (Å²) in [5.41, 5.74) is -0.483. The summed E-state index contributed by atoms with van der Waals surface area (Å²) >= 11 is 0. The van der Waals surface area contributed by atoms with Gasteiger partial charge in [0.15, 0.2) is 0 Å². The van der Waals surface area contributed by atoms with Crippen molar-refractivity contribution >= 4 is 16.7 Å². The van der Waals surface area contributed by atoms with Crippen LogP contribution in [0.4, 0.5) is 18.9 Å². The van der Waals surface area contributed by atoms with Gasteiger partial charge in [0.1, 0.15) is 5.58 Å². The first-order valence-corrected chi connectivity index (χ1v) is 5.87. The predicted octanol–water partition coefficient (Wildman–Crippen LogP) is 3.17. The second-order valence-corrected chi connectivity index (χ2v) is 4.48. The molecule has 0 saturated heterocycles. The average Bonchev–Trinajstić information content (AvgIpc) is 2.36. The van der Waals surface area contributed by atoms with Crippen LogP contribution in [0, 0.1) is 0 Å². The molecule has 0 fully saturated rings. The van der Waals surface area contributed by atoms with Crippen LogP contribution in [0.1, 0.15) is 17.5 Å². The monoisotopic (exact) mass is 269 g/mol. The van der Waals surface area contributed by atoms with Gasteiger partial charge in [0, 0.05) is 29.2 Å². The Morgan fingerprint density at radius 2 is 2.05 bits per heavy atom. The van der Waals surface area contributed by atoms with E-state index in [1.165, 1.54) is 6.07 Å². The van der Waals surface area contributed by atoms with Crippen LogP contribution >= 0.6 is 0 Å². The van der Waals surface area contributed by atoms with Crippen molar-refractivity contribution < 1.29 is 17.6 Å². The zero-order valence-electron chi connectivity index (χ0n) is 9.80. The van der Waals surface area contributed by atoms with E-state index in [0.29, 0.717) is 18.1 Å². The lowest BCUT2D eigenvalue weighted by atomic mass is 9.98. The van der Waals surface area contributed by atoms with Crippen molar-refractivity contribution in [2.24, 2.45) is 0 Å². The first-order valence-electron chi connectivity index (χ1n) is 5.87. The van der Waals surface area contributed by atoms with Gasteiger partial charge in [0.05, 0.1) is 5.56 Å². The second-order valence-electron chi connectivity index (χ2n) is 4.48. The maximum atomic E-state index is 12.9. The standard InChI is InChI=1S/C13H10F3NO2/c14-13(15,16)9-6-11(18)19-12-7(9)3-4-10-8(12)2-1-5-17-10/h3-4,6,17H,1-2,5H2. The Kier molecular flexibility index (Phi) is 2.55. The van der Waals surface area contributed by atoms with Crippen LogP contribution in [0.3, 0.4) is 0 Å². The van der Waals surface area contributed by atoms with E-state index in [-0.39, 0.29) is 11.0 Å². The molecule has 1 aromatic heterocycles. The Bertz CT molecular complexity index is 703. The third-order valence-corrected chi connectivity index (χ3v) is 3.24. The fraction of sp³-hybridized carbons (Fsp3) is 0.308. The van der Waals surface area contributed by atoms with Gasteiger partial charge in [-0.1, -0.05) is 0 Å². The van der Waals surface area contributed by atoms with Crippen molar-refractivity contribution in [1.29, 1.82) is 0 Å². The fourth-order valence-corrected chi connectivity index (χ4v) is 2.42. The topological polar surface area (TPSA) is 42.2 Å². The fourth-order valence-electron chi connectivity index (χ4n) is 2.42. The Morgan fingerprint density at radius 3 is 2.79 bits per heavy atom. The molecule has 0 amide bonds. The molecule has 0 radical (unpaired) electrons. The van der Waals surface area contributed by atoms with E-state index < -0.39 is 17.4 Å². The Labute approximate surface area is 106 Å². The Morgan fingerprint density at radius 1 is 1.26 bits per heavy atom. The number of hydrogen-bond acceptors (Lipinski definition) is 3. The molecule has 0 atom stereocenters. The van der Waals surface area contributed by atoms with Crippen LogP contribution < -0.4 is 10.9 Å². The van der Waals surface area contributed by atoms with E-state index in [1.807, 2.05) is 0 Å². The largest absolute Gasteiger partial charge is 0.422 e. The van der Waals surface area contributed by atoms with Crippen molar-refractivity contribution in [3.8, 4) is 0 Å². The molecule has 2 heterocycles. The number of aryl methyl sites for hydroxylation is 1. The molecule has 3 nitrogen and oxygen atoms in total. The molecule has 1 aliphatic rings. The summed E-state index contributed by atoms with van der Waals surface area (Å²) in [6.45, 7) is 0.766. The maximum Gasteiger partial charge on any atom is 0.417 e. The van der Waals surface area contributed by atoms with Crippen molar-refractivity contribution in [3.05, 3.63) is 39.7 Å². The van der Waals surface area contributed by atoms with Gasteiger partial charge in [-0.25, -0.2) is 4.79 Å². The third kappa shape index (κ3) is 1.97. The maximum absolute atomic E-state index is 12.9. The first kappa shape index (κ1) is 12.1. The number of nitrogens with one attached hydrogen (secondary N) is 1. The zero-order chi connectivity index (χ0) is 13.6. The van der Waals surface area contributed by atoms with E-state index in [9.17, 15) is 18.0 Å². The van der Waals surface area contributed by atoms with Crippen molar-refractivity contribution in [2.45, 2.75) is 19.0 Å². The highest BCUT2D eigenvalue weighted by molar-refractivity contribution is 5.88. The molecule has 0 aliphatic carbocycles. The summed E-state index contributed by atoms with van der Waals surface area (Å²) in [5, 5.41) is 3.03. The van der Waals surface area contributed by atoms with Crippen LogP contribution in [0.5, 0.6) is 0 Å². The van der Waals surface area contributed by atoms with Crippen LogP contribution in [0.25, 0.3) is 11.0 Å². The molecule has 2 aromatic rings. The third-order valence-electron chi connectivity index (χ3n) is 3.24. The van der Waals surface area contributed by atoms with Gasteiger partial charge in [0.25, 0.3) is 0 Å². The van der Waals surface area contributed by atoms with Gasteiger partial charge < -0.3 is 9.73 Å². The second kappa shape index (κ2) is 4.01. The molecule has 3 rings (SSSR count). The van der Waals surface area contributed by atoms with E-state index >= 15 is 0 Å². The van der Waals surface area contributed by atoms with Gasteiger partial charge in [-0.05, 0) is 25.0 Å². The number of halogens is 3. The van der Waals surface area contributed by atoms with Gasteiger partial charge in [-0.15, -0.1) is 0 Å². The highest BCUT2D eigenvalue weighted by Gasteiger charge is 2.34. The summed E-state index contributed by atoms with van der Waals surface area (Å²) < 4.78 is 43.8. The molecule has 1 aromatic carbocycles. The molecule has 0 bridgehead atoms. The highest BCUT2D eigenvalue weighted by Crippen LogP contribution is 2.37. The normalized spacial score (nSPS) is 15.1. The van der Waals surface area contributed by atoms with E-state index in [4.69, 9.17) is 4.42 Å². The molecule has 19 heavy (non-hydrogen) atoms. The average molecular weight is 269 g/mol. The predicted molar refractivity (Wildman–Crippen MR) is 64.3 cm³/mol. The molecule has 0 spiro atoms. The molecule has 6 heteroatoms. The Balaban J connectivity index is 2.39. The van der Waals surface area contributed by atoms with Gasteiger partial charge in [-0.3, -0.25) is 0 Å². The summed E-state index contributed by atoms with van der Waals surface area (Å²) in [7, 11) is 0. The van der Waals surface area contributed by atoms with E-state index in [1.54, 1.807) is 6.07 Å². The zero-order valence-corrected chi connectivity index (χ0v) is 9.80. The molecule has 0 saturated carbocycles. The van der Waals surface area contributed by atoms with E-state index in [2.05, 4.69) is 5.32 Å². The minimum Gasteiger partial charge on any atom is -0.422 e. The van der Waals surface area contributed by atoms with Gasteiger partial charge in [0.2, 0.25) is 0 Å². The van der Waals surface area contributed by atoms with Crippen molar-refractivity contribution in [2.75, 3.05) is 11.9 Å². The minimum atomic E-state index is -4.56. The quantitative estimate of drug-likeness (QED) is 0.747. The molecule has 0 unspecified atom stereocenters. The van der Waals surface area contributed by atoms with Gasteiger partial charge in [-0.2, -0.15) is 13.2 Å². The van der Waals surface area contributed by atoms with Gasteiger partial charge >= 0.3 is 11.8 Å². The van der Waals surface area contributed by atoms with Crippen LogP contribution in [-0.4, -0.2) is 6.54 Å². The number of alkyl halides is 3. The molecule has 100 valence electrons. The first-order chi connectivity index (χ1) is 8.97. The lowest BCUT2D eigenvalue weighted by molar-refractivity contribution is -0.136. The SMILES string of the molecule is O=c1cc(C(F)(F)F)c2ccc3c(c2o1)CCCN3. The van der Waals surface area contributed by atoms with Crippen molar-refractivity contribution in [1.82, 2.24) is 0 Å². The van der Waals surface area contributed by atoms with Crippen LogP contribution in [0.15, 0.2) is 27.4 Å². The Hall–Kier alpha value is -1.98. The van der Waals surface area contributed by atoms with Crippen LogP contribution in [-0.2, 0) is 12.6 Å². The lowest BCUT2D eigenvalue weighted by Gasteiger charge is -2.19. The summed E-state index contributed by atoms with van der Waals surface area (Å²) in [6, 6.07) is 3.45. The summed E-state index contributed by atoms with van der Waals surface area (Å²) in [6.07, 6.45) is -3.17. The highest BCUT2D eigenvalue weighted by atomic mass is 19.4. The number of hydrogen-bond donors (Lipinski definition) is 1. The number of anilines is 1. The summed E-state index contributed by atoms with van der Waals surface area (Å²) in [4.78, 5) is 11.3. The minimum absolute atomic E-state index is 0.0459. The van der Waals surface area contributed by atoms with Crippen LogP contribution in [0.2, 0.25) is 0 Å². The molecule has 1 aliphatic heterocycles. The van der Waals surface area contributed by atoms with E-state index in [0.717, 1.165) is 18.7 Å². The molecular formula is C13H10F3NO2.